The predicted molar refractivity (Wildman–Crippen MR) is 74.3 cm³/mol. The van der Waals surface area contributed by atoms with Crippen LogP contribution in [0.2, 0.25) is 0 Å². The molecule has 0 bridgehead atoms. The monoisotopic (exact) mass is 277 g/mol. The van der Waals surface area contributed by atoms with E-state index >= 15 is 0 Å². The lowest BCUT2D eigenvalue weighted by atomic mass is 9.98. The van der Waals surface area contributed by atoms with Crippen molar-refractivity contribution in [1.82, 2.24) is 4.98 Å². The smallest absolute Gasteiger partial charge is 0.310 e. The number of hydrogen-bond donors (Lipinski definition) is 1. The van der Waals surface area contributed by atoms with E-state index in [1.165, 1.54) is 0 Å². The molecule has 1 aromatic rings. The van der Waals surface area contributed by atoms with Gasteiger partial charge in [0.15, 0.2) is 0 Å². The Kier molecular flexibility index (Phi) is 4.55. The van der Waals surface area contributed by atoms with Crippen LogP contribution in [0.3, 0.4) is 0 Å². The van der Waals surface area contributed by atoms with E-state index in [2.05, 4.69) is 4.98 Å². The van der Waals surface area contributed by atoms with Crippen LogP contribution in [0.1, 0.15) is 30.1 Å². The Morgan fingerprint density at radius 3 is 3.05 bits per heavy atom. The first kappa shape index (κ1) is 14.3. The maximum absolute atomic E-state index is 11.8. The van der Waals surface area contributed by atoms with E-state index in [1.54, 1.807) is 25.3 Å². The number of anilines is 1. The molecule has 0 radical (unpaired) electrons. The lowest BCUT2D eigenvalue weighted by molar-refractivity contribution is -0.148. The van der Waals surface area contributed by atoms with E-state index in [9.17, 15) is 9.59 Å². The molecule has 20 heavy (non-hydrogen) atoms. The molecule has 0 aliphatic carbocycles. The van der Waals surface area contributed by atoms with Crippen LogP contribution in [-0.4, -0.2) is 36.6 Å². The zero-order valence-corrected chi connectivity index (χ0v) is 11.5. The van der Waals surface area contributed by atoms with Crippen molar-refractivity contribution in [3.8, 4) is 0 Å². The molecule has 1 aliphatic heterocycles. The van der Waals surface area contributed by atoms with Crippen LogP contribution in [0.5, 0.6) is 0 Å². The molecular weight excluding hydrogens is 258 g/mol. The second-order valence-electron chi connectivity index (χ2n) is 4.78. The Labute approximate surface area is 117 Å². The number of ether oxygens (including phenoxy) is 1. The van der Waals surface area contributed by atoms with Gasteiger partial charge in [-0.1, -0.05) is 0 Å². The fraction of sp³-hybridized carbons (Fsp3) is 0.500. The fourth-order valence-corrected chi connectivity index (χ4v) is 2.46. The summed E-state index contributed by atoms with van der Waals surface area (Å²) < 4.78 is 5.07. The number of carbonyl (C=O) groups excluding carboxylic acids is 2. The van der Waals surface area contributed by atoms with Crippen LogP contribution in [0.15, 0.2) is 18.3 Å². The molecule has 1 aliphatic rings. The molecule has 1 saturated heterocycles. The van der Waals surface area contributed by atoms with Crippen LogP contribution < -0.4 is 10.6 Å². The van der Waals surface area contributed by atoms with Gasteiger partial charge in [0.05, 0.1) is 18.1 Å². The van der Waals surface area contributed by atoms with Gasteiger partial charge in [0.1, 0.15) is 5.82 Å². The molecule has 108 valence electrons. The summed E-state index contributed by atoms with van der Waals surface area (Å²) in [5.74, 6) is -0.319. The summed E-state index contributed by atoms with van der Waals surface area (Å²) in [6.45, 7) is 3.44. The summed E-state index contributed by atoms with van der Waals surface area (Å²) >= 11 is 0. The minimum atomic E-state index is -0.508. The number of esters is 1. The quantitative estimate of drug-likeness (QED) is 0.828. The van der Waals surface area contributed by atoms with Gasteiger partial charge in [-0.3, -0.25) is 9.59 Å². The van der Waals surface area contributed by atoms with Crippen molar-refractivity contribution >= 4 is 17.7 Å². The highest BCUT2D eigenvalue weighted by Crippen LogP contribution is 2.24. The van der Waals surface area contributed by atoms with Gasteiger partial charge in [0.25, 0.3) is 5.91 Å². The van der Waals surface area contributed by atoms with Crippen LogP contribution in [-0.2, 0) is 9.53 Å². The maximum atomic E-state index is 11.8. The lowest BCUT2D eigenvalue weighted by Crippen LogP contribution is -2.40. The maximum Gasteiger partial charge on any atom is 0.310 e. The number of pyridine rings is 1. The Morgan fingerprint density at radius 1 is 1.55 bits per heavy atom. The first-order valence-corrected chi connectivity index (χ1v) is 6.80. The third-order valence-corrected chi connectivity index (χ3v) is 3.39. The number of carbonyl (C=O) groups is 2. The van der Waals surface area contributed by atoms with Crippen LogP contribution in [0, 0.1) is 5.92 Å². The number of aromatic nitrogens is 1. The van der Waals surface area contributed by atoms with Gasteiger partial charge in [-0.05, 0) is 31.9 Å². The predicted octanol–water partition coefficient (Wildman–Crippen LogP) is 0.960. The lowest BCUT2D eigenvalue weighted by Gasteiger charge is -2.33. The van der Waals surface area contributed by atoms with Crippen molar-refractivity contribution in [1.29, 1.82) is 0 Å². The van der Waals surface area contributed by atoms with Gasteiger partial charge < -0.3 is 15.4 Å². The van der Waals surface area contributed by atoms with Gasteiger partial charge in [-0.2, -0.15) is 0 Å². The largest absolute Gasteiger partial charge is 0.466 e. The van der Waals surface area contributed by atoms with Crippen molar-refractivity contribution in [2.75, 3.05) is 24.6 Å². The number of piperidine rings is 1. The Balaban J connectivity index is 2.17. The molecule has 6 heteroatoms. The van der Waals surface area contributed by atoms with E-state index in [0.717, 1.165) is 19.4 Å². The molecule has 2 heterocycles. The average molecular weight is 277 g/mol. The molecule has 0 saturated carbocycles. The molecule has 2 rings (SSSR count). The molecule has 1 fully saturated rings. The summed E-state index contributed by atoms with van der Waals surface area (Å²) in [6.07, 6.45) is 3.28. The number of nitrogens with zero attached hydrogens (tertiary/aromatic N) is 2. The molecule has 2 N–H and O–H groups in total. The zero-order chi connectivity index (χ0) is 14.5. The summed E-state index contributed by atoms with van der Waals surface area (Å²) in [5.41, 5.74) is 5.75. The molecule has 1 aromatic heterocycles. The molecule has 0 spiro atoms. The Morgan fingerprint density at radius 2 is 2.35 bits per heavy atom. The average Bonchev–Trinajstić information content (AvgIpc) is 2.47. The third kappa shape index (κ3) is 3.07. The normalized spacial score (nSPS) is 18.6. The standard InChI is InChI=1S/C14H19N3O3/c1-2-20-14(19)10-5-4-8-17(9-10)13-11(12(15)18)6-3-7-16-13/h3,6-7,10H,2,4-5,8-9H2,1H3,(H2,15,18). The highest BCUT2D eigenvalue weighted by atomic mass is 16.5. The van der Waals surface area contributed by atoms with E-state index in [-0.39, 0.29) is 11.9 Å². The van der Waals surface area contributed by atoms with Crippen molar-refractivity contribution in [2.24, 2.45) is 11.7 Å². The van der Waals surface area contributed by atoms with E-state index in [4.69, 9.17) is 10.5 Å². The van der Waals surface area contributed by atoms with E-state index in [0.29, 0.717) is 24.5 Å². The van der Waals surface area contributed by atoms with Crippen molar-refractivity contribution in [3.05, 3.63) is 23.9 Å². The minimum absolute atomic E-state index is 0.175. The fourth-order valence-electron chi connectivity index (χ4n) is 2.46. The van der Waals surface area contributed by atoms with Crippen molar-refractivity contribution in [2.45, 2.75) is 19.8 Å². The van der Waals surface area contributed by atoms with Gasteiger partial charge in [0, 0.05) is 19.3 Å². The SMILES string of the molecule is CCOC(=O)C1CCCN(c2ncccc2C(N)=O)C1. The topological polar surface area (TPSA) is 85.5 Å². The molecule has 1 unspecified atom stereocenters. The van der Waals surface area contributed by atoms with Gasteiger partial charge >= 0.3 is 5.97 Å². The number of rotatable bonds is 4. The first-order valence-electron chi connectivity index (χ1n) is 6.80. The molecule has 6 nitrogen and oxygen atoms in total. The Hall–Kier alpha value is -2.11. The van der Waals surface area contributed by atoms with E-state index < -0.39 is 5.91 Å². The molecule has 0 aromatic carbocycles. The van der Waals surface area contributed by atoms with Crippen LogP contribution >= 0.6 is 0 Å². The number of primary amides is 1. The molecule has 1 atom stereocenters. The number of amides is 1. The van der Waals surface area contributed by atoms with Crippen molar-refractivity contribution in [3.63, 3.8) is 0 Å². The second-order valence-corrected chi connectivity index (χ2v) is 4.78. The third-order valence-electron chi connectivity index (χ3n) is 3.39. The summed E-state index contributed by atoms with van der Waals surface area (Å²) in [6, 6.07) is 3.33. The van der Waals surface area contributed by atoms with E-state index in [1.807, 2.05) is 4.90 Å². The minimum Gasteiger partial charge on any atom is -0.466 e. The van der Waals surface area contributed by atoms with Gasteiger partial charge in [0.2, 0.25) is 0 Å². The van der Waals surface area contributed by atoms with Gasteiger partial charge in [-0.15, -0.1) is 0 Å². The summed E-state index contributed by atoms with van der Waals surface area (Å²) in [5, 5.41) is 0. The second kappa shape index (κ2) is 6.36. The summed E-state index contributed by atoms with van der Waals surface area (Å²) in [7, 11) is 0. The highest BCUT2D eigenvalue weighted by molar-refractivity contribution is 5.97. The van der Waals surface area contributed by atoms with Crippen LogP contribution in [0.25, 0.3) is 0 Å². The van der Waals surface area contributed by atoms with Crippen molar-refractivity contribution < 1.29 is 14.3 Å². The first-order chi connectivity index (χ1) is 9.63. The number of hydrogen-bond acceptors (Lipinski definition) is 5. The molecule has 1 amide bonds. The van der Waals surface area contributed by atoms with Crippen LogP contribution in [0.4, 0.5) is 5.82 Å². The Bertz CT molecular complexity index is 504. The summed E-state index contributed by atoms with van der Waals surface area (Å²) in [4.78, 5) is 29.5. The number of nitrogens with two attached hydrogens (primary N) is 1. The molecular formula is C14H19N3O3. The van der Waals surface area contributed by atoms with Gasteiger partial charge in [-0.25, -0.2) is 4.98 Å². The zero-order valence-electron chi connectivity index (χ0n) is 11.5. The highest BCUT2D eigenvalue weighted by Gasteiger charge is 2.29.